The lowest BCUT2D eigenvalue weighted by Gasteiger charge is -2.18. The number of hydrogen-bond acceptors (Lipinski definition) is 4. The Balaban J connectivity index is 1.55. The molecule has 1 saturated heterocycles. The highest BCUT2D eigenvalue weighted by molar-refractivity contribution is 5.92. The Morgan fingerprint density at radius 2 is 2.39 bits per heavy atom. The third kappa shape index (κ3) is 3.78. The molecule has 1 aliphatic rings. The number of aryl methyl sites for hydroxylation is 1. The van der Waals surface area contributed by atoms with E-state index in [0.717, 1.165) is 30.7 Å². The van der Waals surface area contributed by atoms with E-state index in [4.69, 9.17) is 10.5 Å². The number of carbonyl (C=O) groups is 1. The van der Waals surface area contributed by atoms with Crippen LogP contribution in [0.5, 0.6) is 0 Å². The van der Waals surface area contributed by atoms with E-state index in [1.165, 1.54) is 0 Å². The van der Waals surface area contributed by atoms with Crippen LogP contribution in [0.3, 0.4) is 0 Å². The molecule has 0 spiro atoms. The molecule has 1 amide bonds. The second-order valence-corrected chi connectivity index (χ2v) is 5.98. The molecule has 1 aromatic heterocycles. The molecule has 0 saturated carbocycles. The third-order valence-electron chi connectivity index (χ3n) is 4.21. The number of ether oxygens (including phenoxy) is 1. The maximum absolute atomic E-state index is 11.2. The number of benzene rings is 1. The summed E-state index contributed by atoms with van der Waals surface area (Å²) in [6.07, 6.45) is 5.03. The van der Waals surface area contributed by atoms with Gasteiger partial charge in [0, 0.05) is 50.0 Å². The molecule has 1 aliphatic heterocycles. The van der Waals surface area contributed by atoms with Crippen molar-refractivity contribution in [3.05, 3.63) is 53.3 Å². The standard InChI is InChI=1S/C17H22N4O2/c1-21-11-15(10-20-21)16-14(5-6-23-16)9-19-8-12-3-2-4-13(7-12)17(18)22/h2-4,7,10-11,14,16,19H,5-6,8-9H2,1H3,(H2,18,22)/t14-,16+/m0/s1. The molecule has 0 bridgehead atoms. The van der Waals surface area contributed by atoms with Gasteiger partial charge in [-0.2, -0.15) is 5.10 Å². The van der Waals surface area contributed by atoms with E-state index in [1.807, 2.05) is 37.6 Å². The summed E-state index contributed by atoms with van der Waals surface area (Å²) in [5, 5.41) is 7.68. The van der Waals surface area contributed by atoms with Crippen molar-refractivity contribution in [1.29, 1.82) is 0 Å². The number of nitrogens with two attached hydrogens (primary N) is 1. The van der Waals surface area contributed by atoms with Gasteiger partial charge in [-0.05, 0) is 24.1 Å². The van der Waals surface area contributed by atoms with Crippen LogP contribution < -0.4 is 11.1 Å². The number of nitrogens with one attached hydrogen (secondary N) is 1. The maximum atomic E-state index is 11.2. The molecule has 0 radical (unpaired) electrons. The SMILES string of the molecule is Cn1cc([C@@H]2OCC[C@H]2CNCc2cccc(C(N)=O)c2)cn1. The summed E-state index contributed by atoms with van der Waals surface area (Å²) in [6, 6.07) is 7.41. The molecule has 3 rings (SSSR count). The minimum atomic E-state index is -0.396. The van der Waals surface area contributed by atoms with Crippen LogP contribution >= 0.6 is 0 Å². The number of rotatable bonds is 6. The lowest BCUT2D eigenvalue weighted by Crippen LogP contribution is -2.24. The number of carbonyl (C=O) groups excluding carboxylic acids is 1. The van der Waals surface area contributed by atoms with Crippen molar-refractivity contribution in [1.82, 2.24) is 15.1 Å². The molecule has 1 fully saturated rings. The van der Waals surface area contributed by atoms with Crippen LogP contribution in [0.4, 0.5) is 0 Å². The first-order valence-corrected chi connectivity index (χ1v) is 7.83. The number of amides is 1. The monoisotopic (exact) mass is 314 g/mol. The number of nitrogens with zero attached hydrogens (tertiary/aromatic N) is 2. The molecule has 1 aromatic carbocycles. The summed E-state index contributed by atoms with van der Waals surface area (Å²) in [5.41, 5.74) is 8.04. The highest BCUT2D eigenvalue weighted by Crippen LogP contribution is 2.33. The van der Waals surface area contributed by atoms with E-state index in [-0.39, 0.29) is 6.10 Å². The normalized spacial score (nSPS) is 20.7. The van der Waals surface area contributed by atoms with Gasteiger partial charge in [-0.25, -0.2) is 0 Å². The Bertz CT molecular complexity index is 683. The van der Waals surface area contributed by atoms with E-state index in [0.29, 0.717) is 18.0 Å². The summed E-state index contributed by atoms with van der Waals surface area (Å²) in [7, 11) is 1.91. The topological polar surface area (TPSA) is 82.2 Å². The minimum Gasteiger partial charge on any atom is -0.373 e. The Morgan fingerprint density at radius 3 is 3.13 bits per heavy atom. The van der Waals surface area contributed by atoms with Gasteiger partial charge in [0.05, 0.1) is 12.3 Å². The van der Waals surface area contributed by atoms with Gasteiger partial charge < -0.3 is 15.8 Å². The zero-order valence-corrected chi connectivity index (χ0v) is 13.2. The molecule has 2 heterocycles. The van der Waals surface area contributed by atoms with E-state index >= 15 is 0 Å². The summed E-state index contributed by atoms with van der Waals surface area (Å²) in [5.74, 6) is 0.0335. The Morgan fingerprint density at radius 1 is 1.52 bits per heavy atom. The first-order chi connectivity index (χ1) is 11.1. The van der Waals surface area contributed by atoms with Gasteiger partial charge in [0.25, 0.3) is 0 Å². The van der Waals surface area contributed by atoms with E-state index in [2.05, 4.69) is 10.4 Å². The smallest absolute Gasteiger partial charge is 0.248 e. The van der Waals surface area contributed by atoms with Crippen LogP contribution in [0.25, 0.3) is 0 Å². The zero-order valence-electron chi connectivity index (χ0n) is 13.2. The fourth-order valence-electron chi connectivity index (χ4n) is 3.03. The molecule has 6 nitrogen and oxygen atoms in total. The quantitative estimate of drug-likeness (QED) is 0.844. The maximum Gasteiger partial charge on any atom is 0.248 e. The highest BCUT2D eigenvalue weighted by Gasteiger charge is 2.30. The van der Waals surface area contributed by atoms with Crippen molar-refractivity contribution in [2.75, 3.05) is 13.2 Å². The molecule has 122 valence electrons. The average molecular weight is 314 g/mol. The predicted octanol–water partition coefficient (Wildman–Crippen LogP) is 1.39. The second-order valence-electron chi connectivity index (χ2n) is 5.98. The van der Waals surface area contributed by atoms with Crippen molar-refractivity contribution in [3.63, 3.8) is 0 Å². The van der Waals surface area contributed by atoms with Gasteiger partial charge in [0.1, 0.15) is 0 Å². The second kappa shape index (κ2) is 6.93. The van der Waals surface area contributed by atoms with Crippen LogP contribution in [-0.4, -0.2) is 28.8 Å². The molecule has 3 N–H and O–H groups in total. The fourth-order valence-corrected chi connectivity index (χ4v) is 3.03. The summed E-state index contributed by atoms with van der Waals surface area (Å²) < 4.78 is 7.67. The highest BCUT2D eigenvalue weighted by atomic mass is 16.5. The minimum absolute atomic E-state index is 0.105. The molecular weight excluding hydrogens is 292 g/mol. The first-order valence-electron chi connectivity index (χ1n) is 7.83. The summed E-state index contributed by atoms with van der Waals surface area (Å²) in [6.45, 7) is 2.35. The van der Waals surface area contributed by atoms with Crippen LogP contribution in [0, 0.1) is 5.92 Å². The number of aromatic nitrogens is 2. The molecular formula is C17H22N4O2. The largest absolute Gasteiger partial charge is 0.373 e. The van der Waals surface area contributed by atoms with Crippen molar-refractivity contribution in [2.45, 2.75) is 19.1 Å². The molecule has 0 aliphatic carbocycles. The molecule has 2 atom stereocenters. The Labute approximate surface area is 135 Å². The molecule has 23 heavy (non-hydrogen) atoms. The van der Waals surface area contributed by atoms with E-state index < -0.39 is 5.91 Å². The van der Waals surface area contributed by atoms with E-state index in [1.54, 1.807) is 10.7 Å². The number of primary amides is 1. The van der Waals surface area contributed by atoms with Crippen molar-refractivity contribution in [3.8, 4) is 0 Å². The van der Waals surface area contributed by atoms with Gasteiger partial charge in [-0.1, -0.05) is 12.1 Å². The van der Waals surface area contributed by atoms with Crippen molar-refractivity contribution >= 4 is 5.91 Å². The van der Waals surface area contributed by atoms with Crippen LogP contribution in [0.1, 0.15) is 34.0 Å². The predicted molar refractivity (Wildman–Crippen MR) is 86.7 cm³/mol. The van der Waals surface area contributed by atoms with Gasteiger partial charge >= 0.3 is 0 Å². The molecule has 2 aromatic rings. The Hall–Kier alpha value is -2.18. The van der Waals surface area contributed by atoms with Crippen molar-refractivity contribution in [2.24, 2.45) is 18.7 Å². The summed E-state index contributed by atoms with van der Waals surface area (Å²) in [4.78, 5) is 11.2. The van der Waals surface area contributed by atoms with Crippen LogP contribution in [-0.2, 0) is 18.3 Å². The van der Waals surface area contributed by atoms with Gasteiger partial charge in [-0.15, -0.1) is 0 Å². The third-order valence-corrected chi connectivity index (χ3v) is 4.21. The lowest BCUT2D eigenvalue weighted by molar-refractivity contribution is 0.0904. The van der Waals surface area contributed by atoms with Gasteiger partial charge in [0.2, 0.25) is 5.91 Å². The average Bonchev–Trinajstić information content (AvgIpc) is 3.16. The molecule has 0 unspecified atom stereocenters. The number of hydrogen-bond donors (Lipinski definition) is 2. The Kier molecular flexibility index (Phi) is 4.73. The van der Waals surface area contributed by atoms with Crippen molar-refractivity contribution < 1.29 is 9.53 Å². The lowest BCUT2D eigenvalue weighted by atomic mass is 9.97. The fraction of sp³-hybridized carbons (Fsp3) is 0.412. The summed E-state index contributed by atoms with van der Waals surface area (Å²) >= 11 is 0. The van der Waals surface area contributed by atoms with Crippen LogP contribution in [0.15, 0.2) is 36.7 Å². The van der Waals surface area contributed by atoms with Gasteiger partial charge in [-0.3, -0.25) is 9.48 Å². The van der Waals surface area contributed by atoms with E-state index in [9.17, 15) is 4.79 Å². The first kappa shape index (κ1) is 15.7. The van der Waals surface area contributed by atoms with Crippen LogP contribution in [0.2, 0.25) is 0 Å². The van der Waals surface area contributed by atoms with Gasteiger partial charge in [0.15, 0.2) is 0 Å². The molecule has 6 heteroatoms. The zero-order chi connectivity index (χ0) is 16.2.